The first-order chi connectivity index (χ1) is 20.8. The molecule has 0 atom stereocenters. The van der Waals surface area contributed by atoms with E-state index in [2.05, 4.69) is 133 Å². The summed E-state index contributed by atoms with van der Waals surface area (Å²) in [5, 5.41) is 8.18. The van der Waals surface area contributed by atoms with E-state index >= 15 is 0 Å². The molecule has 2 heterocycles. The van der Waals surface area contributed by atoms with Crippen molar-refractivity contribution < 1.29 is 8.83 Å². The van der Waals surface area contributed by atoms with Crippen LogP contribution in [0.1, 0.15) is 0 Å². The highest BCUT2D eigenvalue weighted by Crippen LogP contribution is 2.45. The Labute approximate surface area is 242 Å². The molecule has 42 heavy (non-hydrogen) atoms. The topological polar surface area (TPSA) is 26.3 Å². The fourth-order valence-electron chi connectivity index (χ4n) is 6.68. The Kier molecular flexibility index (Phi) is 4.93. The first-order valence-electron chi connectivity index (χ1n) is 14.3. The second-order valence-corrected chi connectivity index (χ2v) is 10.9. The van der Waals surface area contributed by atoms with Crippen molar-refractivity contribution in [3.8, 4) is 33.4 Å². The van der Waals surface area contributed by atoms with Gasteiger partial charge in [-0.15, -0.1) is 0 Å². The highest BCUT2D eigenvalue weighted by Gasteiger charge is 2.19. The summed E-state index contributed by atoms with van der Waals surface area (Å²) >= 11 is 0. The van der Waals surface area contributed by atoms with Crippen LogP contribution in [-0.4, -0.2) is 0 Å². The van der Waals surface area contributed by atoms with E-state index < -0.39 is 0 Å². The van der Waals surface area contributed by atoms with Crippen LogP contribution in [0.5, 0.6) is 0 Å². The zero-order valence-electron chi connectivity index (χ0n) is 22.7. The van der Waals surface area contributed by atoms with Gasteiger partial charge in [-0.3, -0.25) is 0 Å². The van der Waals surface area contributed by atoms with Crippen LogP contribution < -0.4 is 0 Å². The molecule has 2 nitrogen and oxygen atoms in total. The van der Waals surface area contributed by atoms with Gasteiger partial charge >= 0.3 is 0 Å². The summed E-state index contributed by atoms with van der Waals surface area (Å²) in [5.41, 5.74) is 9.54. The van der Waals surface area contributed by atoms with Gasteiger partial charge < -0.3 is 8.83 Å². The smallest absolute Gasteiger partial charge is 0.178 e. The predicted molar refractivity (Wildman–Crippen MR) is 175 cm³/mol. The standard InChI is InChI=1S/C40H24O2/c1-3-11-25(12-4-1)35-24-41-39-33(35)21-20-32-34-23-27(19-22-36(34)42-40(32)39)38-30-17-9-7-15-28(30)37(26-13-5-2-6-14-26)29-16-8-10-18-31(29)38/h1-24H. The van der Waals surface area contributed by atoms with Gasteiger partial charge in [0.15, 0.2) is 11.2 Å². The summed E-state index contributed by atoms with van der Waals surface area (Å²) < 4.78 is 12.6. The first-order valence-corrected chi connectivity index (χ1v) is 14.3. The molecule has 0 radical (unpaired) electrons. The number of furan rings is 2. The second kappa shape index (κ2) is 8.95. The highest BCUT2D eigenvalue weighted by atomic mass is 16.4. The maximum Gasteiger partial charge on any atom is 0.178 e. The molecule has 0 unspecified atom stereocenters. The van der Waals surface area contributed by atoms with E-state index in [4.69, 9.17) is 8.83 Å². The van der Waals surface area contributed by atoms with E-state index in [-0.39, 0.29) is 0 Å². The van der Waals surface area contributed by atoms with Crippen LogP contribution in [0.25, 0.3) is 87.8 Å². The van der Waals surface area contributed by atoms with E-state index in [9.17, 15) is 0 Å². The second-order valence-electron chi connectivity index (χ2n) is 10.9. The fourth-order valence-corrected chi connectivity index (χ4v) is 6.68. The molecule has 2 aromatic heterocycles. The van der Waals surface area contributed by atoms with Crippen molar-refractivity contribution >= 4 is 54.5 Å². The van der Waals surface area contributed by atoms with Gasteiger partial charge in [0.25, 0.3) is 0 Å². The maximum atomic E-state index is 6.46. The third-order valence-corrected chi connectivity index (χ3v) is 8.55. The lowest BCUT2D eigenvalue weighted by atomic mass is 9.86. The predicted octanol–water partition coefficient (Wildman–Crippen LogP) is 11.6. The molecule has 0 bridgehead atoms. The number of benzene rings is 7. The van der Waals surface area contributed by atoms with Gasteiger partial charge in [-0.1, -0.05) is 115 Å². The van der Waals surface area contributed by atoms with Crippen LogP contribution in [0.15, 0.2) is 155 Å². The van der Waals surface area contributed by atoms with Crippen molar-refractivity contribution in [2.24, 2.45) is 0 Å². The van der Waals surface area contributed by atoms with E-state index in [1.165, 1.54) is 43.8 Å². The lowest BCUT2D eigenvalue weighted by molar-refractivity contribution is 0.600. The molecule has 9 rings (SSSR count). The summed E-state index contributed by atoms with van der Waals surface area (Å²) in [6.45, 7) is 0. The Morgan fingerprint density at radius 2 is 0.905 bits per heavy atom. The largest absolute Gasteiger partial charge is 0.460 e. The molecule has 0 saturated heterocycles. The van der Waals surface area contributed by atoms with Gasteiger partial charge in [0.1, 0.15) is 5.58 Å². The highest BCUT2D eigenvalue weighted by molar-refractivity contribution is 6.22. The first kappa shape index (κ1) is 23.1. The summed E-state index contributed by atoms with van der Waals surface area (Å²) in [6, 6.07) is 49.5. The normalized spacial score (nSPS) is 11.8. The van der Waals surface area contributed by atoms with Gasteiger partial charge in [0.05, 0.1) is 6.26 Å². The minimum absolute atomic E-state index is 0.784. The van der Waals surface area contributed by atoms with Crippen molar-refractivity contribution in [2.75, 3.05) is 0 Å². The number of hydrogen-bond donors (Lipinski definition) is 0. The molecule has 7 aromatic carbocycles. The Morgan fingerprint density at radius 3 is 1.55 bits per heavy atom. The van der Waals surface area contributed by atoms with Crippen LogP contribution >= 0.6 is 0 Å². The molecular formula is C40H24O2. The lowest BCUT2D eigenvalue weighted by Gasteiger charge is -2.17. The third-order valence-electron chi connectivity index (χ3n) is 8.55. The molecule has 0 aliphatic heterocycles. The Bertz CT molecular complexity index is 2390. The maximum absolute atomic E-state index is 6.46. The number of fused-ring (bicyclic) bond motifs is 7. The summed E-state index contributed by atoms with van der Waals surface area (Å²) in [7, 11) is 0. The molecule has 0 fully saturated rings. The molecule has 9 aromatic rings. The summed E-state index contributed by atoms with van der Waals surface area (Å²) in [4.78, 5) is 0. The van der Waals surface area contributed by atoms with E-state index in [0.717, 1.165) is 44.0 Å². The minimum Gasteiger partial charge on any atom is -0.460 e. The van der Waals surface area contributed by atoms with Crippen molar-refractivity contribution in [3.05, 3.63) is 146 Å². The third kappa shape index (κ3) is 3.33. The molecule has 0 aliphatic rings. The van der Waals surface area contributed by atoms with Crippen molar-refractivity contribution in [3.63, 3.8) is 0 Å². The Balaban J connectivity index is 1.31. The van der Waals surface area contributed by atoms with E-state index in [1.807, 2.05) is 12.3 Å². The average Bonchev–Trinajstić information content (AvgIpc) is 3.66. The average molecular weight is 537 g/mol. The molecule has 0 saturated carbocycles. The summed E-state index contributed by atoms with van der Waals surface area (Å²) in [5.74, 6) is 0. The molecular weight excluding hydrogens is 512 g/mol. The van der Waals surface area contributed by atoms with E-state index in [0.29, 0.717) is 0 Å². The van der Waals surface area contributed by atoms with E-state index in [1.54, 1.807) is 0 Å². The molecule has 2 heteroatoms. The summed E-state index contributed by atoms with van der Waals surface area (Å²) in [6.07, 6.45) is 1.84. The zero-order chi connectivity index (χ0) is 27.6. The molecule has 0 spiro atoms. The Hall–Kier alpha value is -5.60. The molecule has 0 aliphatic carbocycles. The van der Waals surface area contributed by atoms with Gasteiger partial charge in [0, 0.05) is 21.7 Å². The molecule has 0 N–H and O–H groups in total. The van der Waals surface area contributed by atoms with Gasteiger partial charge in [-0.2, -0.15) is 0 Å². The molecule has 196 valence electrons. The monoisotopic (exact) mass is 536 g/mol. The van der Waals surface area contributed by atoms with Crippen molar-refractivity contribution in [1.29, 1.82) is 0 Å². The van der Waals surface area contributed by atoms with Crippen molar-refractivity contribution in [2.45, 2.75) is 0 Å². The quantitative estimate of drug-likeness (QED) is 0.210. The molecule has 0 amide bonds. The minimum atomic E-state index is 0.784. The van der Waals surface area contributed by atoms with Gasteiger partial charge in [0.2, 0.25) is 0 Å². The van der Waals surface area contributed by atoms with Crippen LogP contribution in [0, 0.1) is 0 Å². The fraction of sp³-hybridized carbons (Fsp3) is 0. The van der Waals surface area contributed by atoms with Crippen LogP contribution in [0.2, 0.25) is 0 Å². The number of rotatable bonds is 3. The van der Waals surface area contributed by atoms with Crippen LogP contribution in [0.3, 0.4) is 0 Å². The van der Waals surface area contributed by atoms with Crippen LogP contribution in [-0.2, 0) is 0 Å². The van der Waals surface area contributed by atoms with Gasteiger partial charge in [-0.05, 0) is 73.6 Å². The SMILES string of the molecule is c1ccc(-c2c3ccccc3c(-c3ccc4oc5c(ccc6c(-c7ccccc7)coc65)c4c3)c3ccccc23)cc1. The number of hydrogen-bond acceptors (Lipinski definition) is 2. The zero-order valence-corrected chi connectivity index (χ0v) is 22.7. The lowest BCUT2D eigenvalue weighted by Crippen LogP contribution is -1.90. The Morgan fingerprint density at radius 1 is 0.357 bits per heavy atom. The van der Waals surface area contributed by atoms with Crippen molar-refractivity contribution in [1.82, 2.24) is 0 Å². The van der Waals surface area contributed by atoms with Gasteiger partial charge in [-0.25, -0.2) is 0 Å². The van der Waals surface area contributed by atoms with Crippen LogP contribution in [0.4, 0.5) is 0 Å².